The number of amides is 1. The van der Waals surface area contributed by atoms with Crippen LogP contribution < -0.4 is 4.90 Å². The molecule has 2 fully saturated rings. The van der Waals surface area contributed by atoms with E-state index in [2.05, 4.69) is 14.5 Å². The fraction of sp³-hybridized carbons (Fsp3) is 0.526. The van der Waals surface area contributed by atoms with Crippen LogP contribution in [0.4, 0.5) is 18.9 Å². The van der Waals surface area contributed by atoms with Crippen LogP contribution in [-0.2, 0) is 6.18 Å². The van der Waals surface area contributed by atoms with Crippen molar-refractivity contribution < 1.29 is 18.0 Å². The zero-order valence-electron chi connectivity index (χ0n) is 15.8. The molecular formula is C19H22F3N5OS. The minimum absolute atomic E-state index is 0.0777. The molecule has 0 saturated carbocycles. The molecule has 2 aromatic rings. The highest BCUT2D eigenvalue weighted by Crippen LogP contribution is 2.32. The molecule has 0 aliphatic carbocycles. The fourth-order valence-corrected chi connectivity index (χ4v) is 4.51. The summed E-state index contributed by atoms with van der Waals surface area (Å²) in [5.41, 5.74) is 0.386. The smallest absolute Gasteiger partial charge is 0.369 e. The van der Waals surface area contributed by atoms with Gasteiger partial charge in [-0.3, -0.25) is 9.69 Å². The van der Waals surface area contributed by atoms with Gasteiger partial charge in [-0.2, -0.15) is 13.2 Å². The molecule has 0 radical (unpaired) electrons. The summed E-state index contributed by atoms with van der Waals surface area (Å²) < 4.78 is 42.7. The summed E-state index contributed by atoms with van der Waals surface area (Å²) in [4.78, 5) is 18.7. The Morgan fingerprint density at radius 1 is 1.14 bits per heavy atom. The Balaban J connectivity index is 1.35. The van der Waals surface area contributed by atoms with Crippen molar-refractivity contribution in [1.29, 1.82) is 0 Å². The molecule has 0 spiro atoms. The number of hydrogen-bond acceptors (Lipinski definition) is 6. The molecule has 2 saturated heterocycles. The average molecular weight is 425 g/mol. The first-order chi connectivity index (χ1) is 13.9. The van der Waals surface area contributed by atoms with Crippen LogP contribution in [0.1, 0.15) is 28.9 Å². The van der Waals surface area contributed by atoms with Crippen molar-refractivity contribution >= 4 is 23.1 Å². The molecule has 1 aromatic heterocycles. The topological polar surface area (TPSA) is 52.6 Å². The van der Waals surface area contributed by atoms with E-state index in [1.54, 1.807) is 11.4 Å². The van der Waals surface area contributed by atoms with Gasteiger partial charge in [0.15, 0.2) is 5.69 Å². The van der Waals surface area contributed by atoms with Crippen molar-refractivity contribution in [2.45, 2.75) is 25.1 Å². The predicted octanol–water partition coefficient (Wildman–Crippen LogP) is 2.98. The normalized spacial score (nSPS) is 21.4. The largest absolute Gasteiger partial charge is 0.416 e. The van der Waals surface area contributed by atoms with Crippen LogP contribution in [0.3, 0.4) is 0 Å². The van der Waals surface area contributed by atoms with Gasteiger partial charge >= 0.3 is 6.18 Å². The van der Waals surface area contributed by atoms with E-state index < -0.39 is 11.7 Å². The van der Waals surface area contributed by atoms with Crippen LogP contribution in [0.2, 0.25) is 0 Å². The van der Waals surface area contributed by atoms with Crippen LogP contribution in [-0.4, -0.2) is 70.6 Å². The lowest BCUT2D eigenvalue weighted by atomic mass is 10.0. The van der Waals surface area contributed by atoms with Gasteiger partial charge < -0.3 is 9.80 Å². The van der Waals surface area contributed by atoms with Crippen molar-refractivity contribution in [3.63, 3.8) is 0 Å². The van der Waals surface area contributed by atoms with Gasteiger partial charge in [0.05, 0.1) is 5.56 Å². The minimum atomic E-state index is -4.33. The Morgan fingerprint density at radius 2 is 1.93 bits per heavy atom. The number of aromatic nitrogens is 2. The van der Waals surface area contributed by atoms with Crippen LogP contribution >= 0.6 is 11.5 Å². The van der Waals surface area contributed by atoms with Gasteiger partial charge in [0.2, 0.25) is 0 Å². The molecule has 2 aliphatic heterocycles. The number of carbonyl (C=O) groups is 1. The van der Waals surface area contributed by atoms with E-state index in [1.807, 2.05) is 9.80 Å². The highest BCUT2D eigenvalue weighted by atomic mass is 32.1. The standard InChI is InChI=1S/C19H22F3N5OS/c20-19(21,22)14-3-1-4-15(11-14)25-7-9-26(10-8-25)16-5-2-6-27(12-16)18(28)17-13-29-24-23-17/h1,3-4,11,13,16H,2,5-10,12H2/t16-/m0/s1. The van der Waals surface area contributed by atoms with Crippen LogP contribution in [0.25, 0.3) is 0 Å². The summed E-state index contributed by atoms with van der Waals surface area (Å²) in [6.45, 7) is 4.24. The number of rotatable bonds is 3. The maximum absolute atomic E-state index is 13.0. The van der Waals surface area contributed by atoms with Crippen molar-refractivity contribution in [1.82, 2.24) is 19.4 Å². The van der Waals surface area contributed by atoms with Gasteiger partial charge in [-0.1, -0.05) is 10.6 Å². The molecule has 156 valence electrons. The molecule has 1 aromatic carbocycles. The van der Waals surface area contributed by atoms with Gasteiger partial charge in [0.1, 0.15) is 0 Å². The second-order valence-corrected chi connectivity index (χ2v) is 8.02. The van der Waals surface area contributed by atoms with Crippen molar-refractivity contribution in [3.05, 3.63) is 40.9 Å². The monoisotopic (exact) mass is 425 g/mol. The number of piperazine rings is 1. The number of halogens is 3. The van der Waals surface area contributed by atoms with Gasteiger partial charge in [-0.05, 0) is 42.6 Å². The number of piperidine rings is 1. The van der Waals surface area contributed by atoms with E-state index in [4.69, 9.17) is 0 Å². The minimum Gasteiger partial charge on any atom is -0.369 e. The second-order valence-electron chi connectivity index (χ2n) is 7.41. The molecular weight excluding hydrogens is 403 g/mol. The summed E-state index contributed by atoms with van der Waals surface area (Å²) in [6.07, 6.45) is -2.38. The van der Waals surface area contributed by atoms with E-state index in [0.717, 1.165) is 38.5 Å². The SMILES string of the molecule is O=C(c1csnn1)N1CCC[C@H](N2CCN(c3cccc(C(F)(F)F)c3)CC2)C1. The van der Waals surface area contributed by atoms with Gasteiger partial charge in [-0.25, -0.2) is 0 Å². The Kier molecular flexibility index (Phi) is 5.73. The van der Waals surface area contributed by atoms with Crippen molar-refractivity contribution in [3.8, 4) is 0 Å². The van der Waals surface area contributed by atoms with E-state index in [1.165, 1.54) is 23.7 Å². The number of nitrogens with zero attached hydrogens (tertiary/aromatic N) is 5. The fourth-order valence-electron chi connectivity index (χ4n) is 4.08. The average Bonchev–Trinajstić information content (AvgIpc) is 3.28. The third-order valence-corrected chi connectivity index (χ3v) is 6.14. The number of likely N-dealkylation sites (tertiary alicyclic amines) is 1. The first-order valence-corrected chi connectivity index (χ1v) is 10.5. The molecule has 2 aliphatic rings. The highest BCUT2D eigenvalue weighted by molar-refractivity contribution is 7.03. The Hall–Kier alpha value is -2.20. The van der Waals surface area contributed by atoms with Crippen LogP contribution in [0.15, 0.2) is 29.6 Å². The third-order valence-electron chi connectivity index (χ3n) is 5.63. The summed E-state index contributed by atoms with van der Waals surface area (Å²) >= 11 is 1.17. The Bertz CT molecular complexity index is 837. The molecule has 0 bridgehead atoms. The summed E-state index contributed by atoms with van der Waals surface area (Å²) in [5.74, 6) is -0.0777. The van der Waals surface area contributed by atoms with E-state index in [0.29, 0.717) is 31.0 Å². The molecule has 1 amide bonds. The summed E-state index contributed by atoms with van der Waals surface area (Å²) in [6, 6.07) is 5.78. The van der Waals surface area contributed by atoms with E-state index in [-0.39, 0.29) is 11.9 Å². The van der Waals surface area contributed by atoms with Gasteiger partial charge in [0.25, 0.3) is 5.91 Å². The molecule has 0 N–H and O–H groups in total. The number of alkyl halides is 3. The van der Waals surface area contributed by atoms with E-state index >= 15 is 0 Å². The van der Waals surface area contributed by atoms with Crippen molar-refractivity contribution in [2.75, 3.05) is 44.2 Å². The molecule has 1 atom stereocenters. The Morgan fingerprint density at radius 3 is 2.62 bits per heavy atom. The molecule has 0 unspecified atom stereocenters. The molecule has 3 heterocycles. The van der Waals surface area contributed by atoms with Gasteiger partial charge in [0, 0.05) is 56.4 Å². The first kappa shape index (κ1) is 20.1. The van der Waals surface area contributed by atoms with Crippen LogP contribution in [0, 0.1) is 0 Å². The number of anilines is 1. The first-order valence-electron chi connectivity index (χ1n) is 9.64. The Labute approximate surface area is 171 Å². The van der Waals surface area contributed by atoms with Crippen molar-refractivity contribution in [2.24, 2.45) is 0 Å². The molecule has 29 heavy (non-hydrogen) atoms. The summed E-state index contributed by atoms with van der Waals surface area (Å²) in [5, 5.41) is 5.54. The lowest BCUT2D eigenvalue weighted by Crippen LogP contribution is -2.56. The maximum Gasteiger partial charge on any atom is 0.416 e. The molecule has 10 heteroatoms. The molecule has 6 nitrogen and oxygen atoms in total. The number of benzene rings is 1. The zero-order chi connectivity index (χ0) is 20.4. The predicted molar refractivity (Wildman–Crippen MR) is 104 cm³/mol. The van der Waals surface area contributed by atoms with Crippen LogP contribution in [0.5, 0.6) is 0 Å². The second kappa shape index (κ2) is 8.27. The molecule has 4 rings (SSSR count). The lowest BCUT2D eigenvalue weighted by Gasteiger charge is -2.43. The summed E-state index contributed by atoms with van der Waals surface area (Å²) in [7, 11) is 0. The number of carbonyl (C=O) groups excluding carboxylic acids is 1. The third kappa shape index (κ3) is 4.53. The lowest BCUT2D eigenvalue weighted by molar-refractivity contribution is -0.137. The quantitative estimate of drug-likeness (QED) is 0.757. The maximum atomic E-state index is 13.0. The zero-order valence-corrected chi connectivity index (χ0v) is 16.6. The highest BCUT2D eigenvalue weighted by Gasteiger charge is 2.33. The van der Waals surface area contributed by atoms with Gasteiger partial charge in [-0.15, -0.1) is 5.10 Å². The number of hydrogen-bond donors (Lipinski definition) is 0. The van der Waals surface area contributed by atoms with E-state index in [9.17, 15) is 18.0 Å².